The fourth-order valence-corrected chi connectivity index (χ4v) is 3.86. The molecule has 0 fully saturated rings. The maximum atomic E-state index is 12.5. The quantitative estimate of drug-likeness (QED) is 0.475. The highest BCUT2D eigenvalue weighted by atomic mass is 16.5. The summed E-state index contributed by atoms with van der Waals surface area (Å²) in [4.78, 5) is 35.8. The molecule has 0 aromatic heterocycles. The summed E-state index contributed by atoms with van der Waals surface area (Å²) in [5.41, 5.74) is 4.40. The Labute approximate surface area is 186 Å². The first-order valence-electron chi connectivity index (χ1n) is 10.6. The molecule has 0 spiro atoms. The second-order valence-corrected chi connectivity index (χ2v) is 7.93. The largest absolute Gasteiger partial charge is 0.479 e. The highest BCUT2D eigenvalue weighted by Crippen LogP contribution is 2.44. The van der Waals surface area contributed by atoms with Gasteiger partial charge in [-0.1, -0.05) is 68.8 Å². The molecule has 8 nitrogen and oxygen atoms in total. The normalized spacial score (nSPS) is 15.1. The molecule has 1 aliphatic carbocycles. The molecule has 32 heavy (non-hydrogen) atoms. The lowest BCUT2D eigenvalue weighted by Gasteiger charge is -2.24. The molecule has 3 rings (SSSR count). The highest BCUT2D eigenvalue weighted by molar-refractivity contribution is 5.86. The number of amides is 2. The van der Waals surface area contributed by atoms with Crippen LogP contribution < -0.4 is 10.6 Å². The van der Waals surface area contributed by atoms with Crippen LogP contribution in [0.5, 0.6) is 0 Å². The van der Waals surface area contributed by atoms with Crippen LogP contribution in [0.25, 0.3) is 11.1 Å². The van der Waals surface area contributed by atoms with Crippen LogP contribution in [0, 0.1) is 5.92 Å². The smallest absolute Gasteiger partial charge is 0.407 e. The van der Waals surface area contributed by atoms with E-state index in [9.17, 15) is 19.5 Å². The number of aliphatic carboxylic acids is 1. The molecule has 170 valence electrons. The lowest BCUT2D eigenvalue weighted by Crippen LogP contribution is -2.52. The minimum absolute atomic E-state index is 0.102. The summed E-state index contributed by atoms with van der Waals surface area (Å²) in [6.45, 7) is 3.33. The summed E-state index contributed by atoms with van der Waals surface area (Å²) < 4.78 is 5.51. The number of carbonyl (C=O) groups excluding carboxylic acids is 2. The number of hydrogen-bond acceptors (Lipinski definition) is 5. The minimum atomic E-state index is -1.72. The molecular formula is C24H28N2O6. The van der Waals surface area contributed by atoms with E-state index in [1.54, 1.807) is 6.92 Å². The van der Waals surface area contributed by atoms with Gasteiger partial charge in [-0.25, -0.2) is 9.59 Å². The number of aliphatic hydroxyl groups excluding tert-OH is 1. The van der Waals surface area contributed by atoms with Crippen LogP contribution in [0.15, 0.2) is 48.5 Å². The molecular weight excluding hydrogens is 412 g/mol. The van der Waals surface area contributed by atoms with Crippen molar-refractivity contribution in [2.24, 2.45) is 5.92 Å². The Bertz CT molecular complexity index is 946. The fourth-order valence-electron chi connectivity index (χ4n) is 3.86. The lowest BCUT2D eigenvalue weighted by atomic mass is 9.98. The molecule has 3 atom stereocenters. The topological polar surface area (TPSA) is 125 Å². The Kier molecular flexibility index (Phi) is 7.48. The van der Waals surface area contributed by atoms with Crippen LogP contribution >= 0.6 is 0 Å². The van der Waals surface area contributed by atoms with Gasteiger partial charge in [-0.3, -0.25) is 4.79 Å². The standard InChI is InChI=1S/C24H28N2O6/c1-3-14(2)21(22(28)25-12-20(27)23(29)30)26-24(31)32-13-19-17-10-6-4-8-15(17)16-9-5-7-11-18(16)19/h4-11,14,19-21,27H,3,12-13H2,1-2H3,(H,25,28)(H,26,31)(H,29,30)/t14?,20-,21-/m0/s1. The van der Waals surface area contributed by atoms with Crippen molar-refractivity contribution >= 4 is 18.0 Å². The molecule has 1 aliphatic rings. The summed E-state index contributed by atoms with van der Waals surface area (Å²) in [5.74, 6) is -2.34. The number of carbonyl (C=O) groups is 3. The predicted octanol–water partition coefficient (Wildman–Crippen LogP) is 2.50. The molecule has 0 saturated carbocycles. The van der Waals surface area contributed by atoms with Crippen molar-refractivity contribution < 1.29 is 29.3 Å². The molecule has 0 saturated heterocycles. The van der Waals surface area contributed by atoms with E-state index in [0.29, 0.717) is 6.42 Å². The summed E-state index contributed by atoms with van der Waals surface area (Å²) in [6, 6.07) is 15.1. The molecule has 0 radical (unpaired) electrons. The fraction of sp³-hybridized carbons (Fsp3) is 0.375. The molecule has 4 N–H and O–H groups in total. The average Bonchev–Trinajstić information content (AvgIpc) is 3.12. The Hall–Kier alpha value is -3.39. The number of aliphatic hydroxyl groups is 1. The third-order valence-electron chi connectivity index (χ3n) is 5.87. The zero-order valence-corrected chi connectivity index (χ0v) is 18.1. The first kappa shape index (κ1) is 23.3. The van der Waals surface area contributed by atoms with E-state index in [-0.39, 0.29) is 18.4 Å². The second kappa shape index (κ2) is 10.3. The van der Waals surface area contributed by atoms with E-state index in [1.165, 1.54) is 0 Å². The third-order valence-corrected chi connectivity index (χ3v) is 5.87. The van der Waals surface area contributed by atoms with E-state index < -0.39 is 36.7 Å². The van der Waals surface area contributed by atoms with Crippen LogP contribution in [0.1, 0.15) is 37.3 Å². The van der Waals surface area contributed by atoms with Crippen LogP contribution in [0.4, 0.5) is 4.79 Å². The number of alkyl carbamates (subject to hydrolysis) is 1. The third kappa shape index (κ3) is 5.08. The average molecular weight is 440 g/mol. The zero-order valence-electron chi connectivity index (χ0n) is 18.1. The van der Waals surface area contributed by atoms with Gasteiger partial charge in [0.15, 0.2) is 6.10 Å². The molecule has 0 bridgehead atoms. The van der Waals surface area contributed by atoms with Crippen molar-refractivity contribution in [2.75, 3.05) is 13.2 Å². The maximum Gasteiger partial charge on any atom is 0.407 e. The summed E-state index contributed by atoms with van der Waals surface area (Å²) in [6.07, 6.45) is -1.85. The van der Waals surface area contributed by atoms with Crippen molar-refractivity contribution in [2.45, 2.75) is 38.3 Å². The number of ether oxygens (including phenoxy) is 1. The van der Waals surface area contributed by atoms with Gasteiger partial charge in [0.05, 0.1) is 6.54 Å². The van der Waals surface area contributed by atoms with Gasteiger partial charge in [0.1, 0.15) is 12.6 Å². The van der Waals surface area contributed by atoms with Gasteiger partial charge in [-0.15, -0.1) is 0 Å². The Balaban J connectivity index is 1.64. The number of carboxylic acids is 1. The molecule has 0 heterocycles. The predicted molar refractivity (Wildman–Crippen MR) is 118 cm³/mol. The number of carboxylic acid groups (broad SMARTS) is 1. The molecule has 2 aromatic carbocycles. The summed E-state index contributed by atoms with van der Waals surface area (Å²) in [5, 5.41) is 23.1. The van der Waals surface area contributed by atoms with Gasteiger partial charge in [-0.05, 0) is 28.2 Å². The first-order chi connectivity index (χ1) is 15.3. The van der Waals surface area contributed by atoms with Crippen LogP contribution in [-0.4, -0.2) is 53.5 Å². The number of fused-ring (bicyclic) bond motifs is 3. The molecule has 8 heteroatoms. The minimum Gasteiger partial charge on any atom is -0.479 e. The number of benzene rings is 2. The van der Waals surface area contributed by atoms with Crippen molar-refractivity contribution in [3.63, 3.8) is 0 Å². The Morgan fingerprint density at radius 2 is 1.59 bits per heavy atom. The van der Waals surface area contributed by atoms with Gasteiger partial charge in [-0.2, -0.15) is 0 Å². The van der Waals surface area contributed by atoms with Gasteiger partial charge >= 0.3 is 12.1 Å². The van der Waals surface area contributed by atoms with Crippen molar-refractivity contribution in [3.05, 3.63) is 59.7 Å². The number of hydrogen-bond donors (Lipinski definition) is 4. The van der Waals surface area contributed by atoms with Gasteiger partial charge in [0.2, 0.25) is 5.91 Å². The van der Waals surface area contributed by atoms with Crippen LogP contribution in [0.3, 0.4) is 0 Å². The zero-order chi connectivity index (χ0) is 23.3. The highest BCUT2D eigenvalue weighted by Gasteiger charge is 2.31. The van der Waals surface area contributed by atoms with Crippen molar-refractivity contribution in [1.29, 1.82) is 0 Å². The van der Waals surface area contributed by atoms with Crippen LogP contribution in [0.2, 0.25) is 0 Å². The van der Waals surface area contributed by atoms with E-state index in [2.05, 4.69) is 10.6 Å². The van der Waals surface area contributed by atoms with E-state index >= 15 is 0 Å². The molecule has 1 unspecified atom stereocenters. The van der Waals surface area contributed by atoms with Crippen LogP contribution in [-0.2, 0) is 14.3 Å². The van der Waals surface area contributed by atoms with E-state index in [0.717, 1.165) is 22.3 Å². The van der Waals surface area contributed by atoms with Gasteiger partial charge in [0.25, 0.3) is 0 Å². The Morgan fingerprint density at radius 3 is 2.12 bits per heavy atom. The first-order valence-corrected chi connectivity index (χ1v) is 10.6. The van der Waals surface area contributed by atoms with Crippen molar-refractivity contribution in [3.8, 4) is 11.1 Å². The summed E-state index contributed by atoms with van der Waals surface area (Å²) in [7, 11) is 0. The molecule has 0 aliphatic heterocycles. The van der Waals surface area contributed by atoms with E-state index in [1.807, 2.05) is 55.5 Å². The second-order valence-electron chi connectivity index (χ2n) is 7.93. The molecule has 2 amide bonds. The number of rotatable bonds is 9. The van der Waals surface area contributed by atoms with Crippen molar-refractivity contribution in [1.82, 2.24) is 10.6 Å². The SMILES string of the molecule is CCC(C)[C@H](NC(=O)OCC1c2ccccc2-c2ccccc21)C(=O)NC[C@H](O)C(=O)O. The lowest BCUT2D eigenvalue weighted by molar-refractivity contribution is -0.146. The van der Waals surface area contributed by atoms with E-state index in [4.69, 9.17) is 9.84 Å². The molecule has 2 aromatic rings. The maximum absolute atomic E-state index is 12.5. The summed E-state index contributed by atoms with van der Waals surface area (Å²) >= 11 is 0. The number of nitrogens with one attached hydrogen (secondary N) is 2. The Morgan fingerprint density at radius 1 is 1.03 bits per heavy atom. The van der Waals surface area contributed by atoms with Gasteiger partial charge < -0.3 is 25.6 Å². The van der Waals surface area contributed by atoms with Gasteiger partial charge in [0, 0.05) is 5.92 Å². The monoisotopic (exact) mass is 440 g/mol.